The molecular weight excluding hydrogens is 411 g/mol. The number of halogens is 1. The van der Waals surface area contributed by atoms with Gasteiger partial charge in [0.05, 0.1) is 27.0 Å². The van der Waals surface area contributed by atoms with Crippen molar-refractivity contribution < 1.29 is 18.6 Å². The van der Waals surface area contributed by atoms with Crippen molar-refractivity contribution in [2.75, 3.05) is 26.6 Å². The number of benzene rings is 2. The van der Waals surface area contributed by atoms with Gasteiger partial charge in [0.25, 0.3) is 0 Å². The van der Waals surface area contributed by atoms with Crippen LogP contribution >= 0.6 is 0 Å². The molecule has 0 unspecified atom stereocenters. The van der Waals surface area contributed by atoms with Gasteiger partial charge in [0.1, 0.15) is 11.6 Å². The number of nitrogens with zero attached hydrogens (tertiary/aromatic N) is 3. The van der Waals surface area contributed by atoms with Crippen molar-refractivity contribution in [1.29, 1.82) is 0 Å². The second-order valence-corrected chi connectivity index (χ2v) is 7.37. The van der Waals surface area contributed by atoms with Crippen LogP contribution in [-0.2, 0) is 6.54 Å². The lowest BCUT2D eigenvalue weighted by Crippen LogP contribution is -2.07. The topological polar surface area (TPSA) is 69.9 Å². The largest absolute Gasteiger partial charge is 0.493 e. The Kier molecular flexibility index (Phi) is 5.85. The molecule has 32 heavy (non-hydrogen) atoms. The Hall–Kier alpha value is -3.81. The van der Waals surface area contributed by atoms with E-state index >= 15 is 0 Å². The third-order valence-corrected chi connectivity index (χ3v) is 5.23. The Morgan fingerprint density at radius 1 is 0.938 bits per heavy atom. The Labute approximate surface area is 185 Å². The van der Waals surface area contributed by atoms with E-state index in [0.29, 0.717) is 29.4 Å². The summed E-state index contributed by atoms with van der Waals surface area (Å²) in [5.74, 6) is 2.18. The van der Waals surface area contributed by atoms with Crippen molar-refractivity contribution in [3.8, 4) is 28.4 Å². The molecule has 4 rings (SSSR count). The zero-order valence-electron chi connectivity index (χ0n) is 18.7. The molecule has 0 aliphatic carbocycles. The molecule has 0 saturated carbocycles. The van der Waals surface area contributed by atoms with Crippen molar-refractivity contribution in [3.63, 3.8) is 0 Å². The number of ether oxygens (including phenoxy) is 3. The van der Waals surface area contributed by atoms with Gasteiger partial charge in [0, 0.05) is 23.9 Å². The number of nitrogens with one attached hydrogen (secondary N) is 1. The summed E-state index contributed by atoms with van der Waals surface area (Å²) in [6.45, 7) is 4.40. The average Bonchev–Trinajstić information content (AvgIpc) is 3.13. The molecule has 4 aromatic rings. The first kappa shape index (κ1) is 21.4. The number of aromatic nitrogens is 3. The second kappa shape index (κ2) is 8.74. The molecule has 0 atom stereocenters. The van der Waals surface area contributed by atoms with Crippen molar-refractivity contribution in [2.45, 2.75) is 20.4 Å². The SMILES string of the molecule is COc1cc(-c2c(C)nn3c(NCc4ccc(F)cc4)cc(C)nc23)cc(OC)c1OC. The maximum absolute atomic E-state index is 13.2. The fourth-order valence-corrected chi connectivity index (χ4v) is 3.73. The summed E-state index contributed by atoms with van der Waals surface area (Å²) in [7, 11) is 4.75. The molecule has 7 nitrogen and oxygen atoms in total. The van der Waals surface area contributed by atoms with Gasteiger partial charge in [0.15, 0.2) is 17.1 Å². The van der Waals surface area contributed by atoms with E-state index in [9.17, 15) is 4.39 Å². The maximum atomic E-state index is 13.2. The summed E-state index contributed by atoms with van der Waals surface area (Å²) in [6.07, 6.45) is 0. The van der Waals surface area contributed by atoms with Gasteiger partial charge in [-0.1, -0.05) is 12.1 Å². The molecule has 2 aromatic carbocycles. The fourth-order valence-electron chi connectivity index (χ4n) is 3.73. The van der Waals surface area contributed by atoms with E-state index in [1.807, 2.05) is 32.0 Å². The Bertz CT molecular complexity index is 1240. The highest BCUT2D eigenvalue weighted by Gasteiger charge is 2.20. The number of aryl methyl sites for hydroxylation is 2. The van der Waals surface area contributed by atoms with E-state index in [-0.39, 0.29) is 5.82 Å². The van der Waals surface area contributed by atoms with Crippen molar-refractivity contribution in [3.05, 3.63) is 65.2 Å². The first-order valence-corrected chi connectivity index (χ1v) is 10.1. The van der Waals surface area contributed by atoms with Crippen LogP contribution in [0.25, 0.3) is 16.8 Å². The quantitative estimate of drug-likeness (QED) is 0.449. The lowest BCUT2D eigenvalue weighted by Gasteiger charge is -2.14. The Morgan fingerprint density at radius 2 is 1.59 bits per heavy atom. The van der Waals surface area contributed by atoms with Gasteiger partial charge in [0.2, 0.25) is 5.75 Å². The Morgan fingerprint density at radius 3 is 2.19 bits per heavy atom. The number of anilines is 1. The molecular formula is C24H25FN4O3. The number of rotatable bonds is 7. The summed E-state index contributed by atoms with van der Waals surface area (Å²) in [5.41, 5.74) is 5.04. The summed E-state index contributed by atoms with van der Waals surface area (Å²) < 4.78 is 31.5. The number of hydrogen-bond acceptors (Lipinski definition) is 6. The maximum Gasteiger partial charge on any atom is 0.203 e. The standard InChI is InChI=1S/C24H25FN4O3/c1-14-10-21(26-13-16-6-8-18(25)9-7-16)29-24(27-14)22(15(2)28-29)17-11-19(30-3)23(32-5)20(12-17)31-4/h6-12,26H,13H2,1-5H3. The van der Waals surface area contributed by atoms with Gasteiger partial charge < -0.3 is 19.5 Å². The van der Waals surface area contributed by atoms with E-state index in [2.05, 4.69) is 5.32 Å². The molecule has 0 spiro atoms. The summed E-state index contributed by atoms with van der Waals surface area (Å²) >= 11 is 0. The first-order valence-electron chi connectivity index (χ1n) is 10.1. The third-order valence-electron chi connectivity index (χ3n) is 5.23. The third kappa shape index (κ3) is 3.91. The minimum atomic E-state index is -0.256. The highest BCUT2D eigenvalue weighted by molar-refractivity contribution is 5.83. The lowest BCUT2D eigenvalue weighted by atomic mass is 10.0. The van der Waals surface area contributed by atoms with E-state index in [4.69, 9.17) is 24.3 Å². The molecule has 0 fully saturated rings. The van der Waals surface area contributed by atoms with Gasteiger partial charge in [-0.3, -0.25) is 0 Å². The van der Waals surface area contributed by atoms with Crippen LogP contribution in [0.3, 0.4) is 0 Å². The molecule has 1 N–H and O–H groups in total. The monoisotopic (exact) mass is 436 g/mol. The zero-order valence-corrected chi connectivity index (χ0v) is 18.7. The molecule has 2 heterocycles. The average molecular weight is 436 g/mol. The normalized spacial score (nSPS) is 10.9. The van der Waals surface area contributed by atoms with Crippen LogP contribution in [0.5, 0.6) is 17.2 Å². The van der Waals surface area contributed by atoms with Crippen molar-refractivity contribution in [1.82, 2.24) is 14.6 Å². The molecule has 0 amide bonds. The number of fused-ring (bicyclic) bond motifs is 1. The number of methoxy groups -OCH3 is 3. The predicted molar refractivity (Wildman–Crippen MR) is 121 cm³/mol. The molecule has 0 saturated heterocycles. The van der Waals surface area contributed by atoms with Crippen molar-refractivity contribution in [2.24, 2.45) is 0 Å². The minimum absolute atomic E-state index is 0.256. The lowest BCUT2D eigenvalue weighted by molar-refractivity contribution is 0.324. The van der Waals surface area contributed by atoms with Crippen LogP contribution in [0.4, 0.5) is 10.2 Å². The van der Waals surface area contributed by atoms with Crippen LogP contribution in [0, 0.1) is 19.7 Å². The molecule has 0 bridgehead atoms. The van der Waals surface area contributed by atoms with Crippen LogP contribution in [-0.4, -0.2) is 35.9 Å². The highest BCUT2D eigenvalue weighted by Crippen LogP contribution is 2.42. The van der Waals surface area contributed by atoms with Crippen LogP contribution in [0.15, 0.2) is 42.5 Å². The van der Waals surface area contributed by atoms with Crippen LogP contribution in [0.1, 0.15) is 17.0 Å². The molecule has 0 aliphatic heterocycles. The van der Waals surface area contributed by atoms with Crippen LogP contribution in [0.2, 0.25) is 0 Å². The summed E-state index contributed by atoms with van der Waals surface area (Å²) in [4.78, 5) is 4.75. The molecule has 0 radical (unpaired) electrons. The molecule has 8 heteroatoms. The van der Waals surface area contributed by atoms with Gasteiger partial charge in [-0.2, -0.15) is 9.61 Å². The summed E-state index contributed by atoms with van der Waals surface area (Å²) in [6, 6.07) is 12.1. The highest BCUT2D eigenvalue weighted by atomic mass is 19.1. The Balaban J connectivity index is 1.80. The van der Waals surface area contributed by atoms with E-state index in [0.717, 1.165) is 33.9 Å². The smallest absolute Gasteiger partial charge is 0.203 e. The first-order chi connectivity index (χ1) is 15.4. The zero-order chi connectivity index (χ0) is 22.8. The fraction of sp³-hybridized carbons (Fsp3) is 0.250. The van der Waals surface area contributed by atoms with Crippen LogP contribution < -0.4 is 19.5 Å². The molecule has 166 valence electrons. The molecule has 2 aromatic heterocycles. The van der Waals surface area contributed by atoms with Gasteiger partial charge >= 0.3 is 0 Å². The van der Waals surface area contributed by atoms with Gasteiger partial charge in [-0.25, -0.2) is 9.37 Å². The number of hydrogen-bond donors (Lipinski definition) is 1. The van der Waals surface area contributed by atoms with Gasteiger partial charge in [-0.15, -0.1) is 0 Å². The minimum Gasteiger partial charge on any atom is -0.493 e. The predicted octanol–water partition coefficient (Wildman–Crippen LogP) is 4.79. The second-order valence-electron chi connectivity index (χ2n) is 7.37. The van der Waals surface area contributed by atoms with E-state index < -0.39 is 0 Å². The molecule has 0 aliphatic rings. The summed E-state index contributed by atoms with van der Waals surface area (Å²) in [5, 5.41) is 8.12. The van der Waals surface area contributed by atoms with Gasteiger partial charge in [-0.05, 0) is 49.2 Å². The van der Waals surface area contributed by atoms with E-state index in [1.165, 1.54) is 12.1 Å². The van der Waals surface area contributed by atoms with E-state index in [1.54, 1.807) is 38.0 Å². The van der Waals surface area contributed by atoms with Crippen molar-refractivity contribution >= 4 is 11.5 Å².